The first kappa shape index (κ1) is 20.4. The Balaban J connectivity index is 2.38. The van der Waals surface area contributed by atoms with Crippen molar-refractivity contribution in [1.29, 1.82) is 0 Å². The molecule has 0 aromatic heterocycles. The average molecular weight is 555 g/mol. The molecule has 0 fully saturated rings. The van der Waals surface area contributed by atoms with Crippen LogP contribution in [0.2, 0.25) is 0 Å². The molecule has 0 aliphatic heterocycles. The zero-order chi connectivity index (χ0) is 19.7. The number of hydrogen-bond donors (Lipinski definition) is 0. The SMILES string of the molecule is [CH2-][C-]=CC=[C-]/C=C(\[CH]=[Os])[P+](c1ccccc1)(c1ccccc1)c1ccccc1. The van der Waals surface area contributed by atoms with Crippen molar-refractivity contribution in [1.82, 2.24) is 0 Å². The van der Waals surface area contributed by atoms with Crippen molar-refractivity contribution < 1.29 is 18.1 Å². The van der Waals surface area contributed by atoms with Crippen LogP contribution in [-0.2, 0) is 18.1 Å². The summed E-state index contributed by atoms with van der Waals surface area (Å²) in [6.07, 6.45) is 11.8. The Kier molecular flexibility index (Phi) is 7.51. The zero-order valence-corrected chi connectivity index (χ0v) is 18.9. The molecule has 0 nitrogen and oxygen atoms in total. The second kappa shape index (κ2) is 10.3. The summed E-state index contributed by atoms with van der Waals surface area (Å²) in [5.74, 6) is 0. The first-order chi connectivity index (χ1) is 13.8. The van der Waals surface area contributed by atoms with Gasteiger partial charge >= 0.3 is 180 Å². The Morgan fingerprint density at radius 1 is 0.714 bits per heavy atom. The average Bonchev–Trinajstić information content (AvgIpc) is 2.78. The molecule has 0 aliphatic carbocycles. The third kappa shape index (κ3) is 4.23. The molecule has 3 rings (SSSR count). The standard InChI is InChI=1S/C26H21P.Os/c1-3-4-5-9-16-23(2)27(24-17-10-6-11-18-24,25-19-12-7-13-20-25)26-21-14-8-15-22-26;/h2,4-8,10-22H,1H2;/q-2;/b23-16+;. The summed E-state index contributed by atoms with van der Waals surface area (Å²) in [6.45, 7) is 3.62. The molecule has 0 bridgehead atoms. The molecule has 0 aliphatic rings. The quantitative estimate of drug-likeness (QED) is 0.224. The summed E-state index contributed by atoms with van der Waals surface area (Å²) < 4.78 is 2.25. The van der Waals surface area contributed by atoms with E-state index in [2.05, 4.69) is 121 Å². The van der Waals surface area contributed by atoms with Crippen LogP contribution in [0.25, 0.3) is 0 Å². The van der Waals surface area contributed by atoms with Crippen LogP contribution < -0.4 is 15.9 Å². The molecule has 0 N–H and O–H groups in total. The molecule has 0 spiro atoms. The Hall–Kier alpha value is -2.31. The van der Waals surface area contributed by atoms with Crippen molar-refractivity contribution in [2.45, 2.75) is 0 Å². The van der Waals surface area contributed by atoms with Crippen LogP contribution in [0.1, 0.15) is 0 Å². The second-order valence-corrected chi connectivity index (χ2v) is 10.2. The Bertz CT molecular complexity index is 874. The van der Waals surface area contributed by atoms with Gasteiger partial charge in [0.1, 0.15) is 0 Å². The van der Waals surface area contributed by atoms with E-state index in [-0.39, 0.29) is 0 Å². The van der Waals surface area contributed by atoms with Crippen molar-refractivity contribution in [3.8, 4) is 0 Å². The molecular formula is C26H21OsP-2. The first-order valence-electron chi connectivity index (χ1n) is 8.96. The third-order valence-electron chi connectivity index (χ3n) is 4.45. The Morgan fingerprint density at radius 2 is 1.14 bits per heavy atom. The number of benzene rings is 3. The fourth-order valence-corrected chi connectivity index (χ4v) is 9.02. The Labute approximate surface area is 179 Å². The predicted octanol–water partition coefficient (Wildman–Crippen LogP) is 4.77. The maximum atomic E-state index is 3.62. The molecule has 0 atom stereocenters. The summed E-state index contributed by atoms with van der Waals surface area (Å²) in [4.78, 5) is 0. The van der Waals surface area contributed by atoms with Crippen LogP contribution in [-0.4, -0.2) is 4.57 Å². The number of allylic oxidation sites excluding steroid dienone is 6. The van der Waals surface area contributed by atoms with E-state index < -0.39 is 7.26 Å². The van der Waals surface area contributed by atoms with Gasteiger partial charge in [-0.25, -0.2) is 0 Å². The second-order valence-electron chi connectivity index (χ2n) is 6.05. The summed E-state index contributed by atoms with van der Waals surface area (Å²) in [5.41, 5.74) is 0. The van der Waals surface area contributed by atoms with Gasteiger partial charge in [-0.05, 0) is 0 Å². The van der Waals surface area contributed by atoms with Crippen LogP contribution in [0.15, 0.2) is 115 Å². The molecule has 2 heteroatoms. The van der Waals surface area contributed by atoms with E-state index in [9.17, 15) is 0 Å². The van der Waals surface area contributed by atoms with Crippen molar-refractivity contribution in [3.63, 3.8) is 0 Å². The van der Waals surface area contributed by atoms with Gasteiger partial charge < -0.3 is 0 Å². The van der Waals surface area contributed by atoms with Gasteiger partial charge in [-0.1, -0.05) is 0 Å². The molecule has 0 saturated heterocycles. The summed E-state index contributed by atoms with van der Waals surface area (Å²) in [7, 11) is -2.03. The fourth-order valence-electron chi connectivity index (χ4n) is 3.28. The predicted molar refractivity (Wildman–Crippen MR) is 120 cm³/mol. The zero-order valence-electron chi connectivity index (χ0n) is 15.5. The van der Waals surface area contributed by atoms with Gasteiger partial charge in [0.25, 0.3) is 0 Å². The molecule has 0 unspecified atom stereocenters. The van der Waals surface area contributed by atoms with E-state index in [1.54, 1.807) is 6.08 Å². The van der Waals surface area contributed by atoms with E-state index in [0.29, 0.717) is 0 Å². The molecule has 0 saturated carbocycles. The van der Waals surface area contributed by atoms with Crippen LogP contribution in [0.4, 0.5) is 0 Å². The summed E-state index contributed by atoms with van der Waals surface area (Å²) in [6, 6.07) is 32.5. The van der Waals surface area contributed by atoms with Crippen molar-refractivity contribution in [2.75, 3.05) is 0 Å². The molecule has 0 heterocycles. The number of rotatable bonds is 7. The van der Waals surface area contributed by atoms with Crippen molar-refractivity contribution in [3.05, 3.63) is 134 Å². The van der Waals surface area contributed by atoms with Gasteiger partial charge in [0.05, 0.1) is 0 Å². The van der Waals surface area contributed by atoms with E-state index in [1.165, 1.54) is 21.2 Å². The molecule has 140 valence electrons. The monoisotopic (exact) mass is 556 g/mol. The topological polar surface area (TPSA) is 0 Å². The summed E-state index contributed by atoms with van der Waals surface area (Å²) in [5, 5.41) is 5.29. The van der Waals surface area contributed by atoms with E-state index in [1.807, 2.05) is 24.2 Å². The van der Waals surface area contributed by atoms with Crippen LogP contribution >= 0.6 is 7.26 Å². The van der Waals surface area contributed by atoms with Crippen molar-refractivity contribution >= 4 is 27.7 Å². The van der Waals surface area contributed by atoms with Crippen molar-refractivity contribution in [2.24, 2.45) is 0 Å². The maximum absolute atomic E-state index is 3.62. The molecule has 28 heavy (non-hydrogen) atoms. The van der Waals surface area contributed by atoms with Crippen LogP contribution in [0.5, 0.6) is 0 Å². The van der Waals surface area contributed by atoms with E-state index >= 15 is 0 Å². The first-order valence-corrected chi connectivity index (χ1v) is 12.2. The Morgan fingerprint density at radius 3 is 1.50 bits per heavy atom. The van der Waals surface area contributed by atoms with E-state index in [4.69, 9.17) is 0 Å². The summed E-state index contributed by atoms with van der Waals surface area (Å²) >= 11 is 1.88. The molecular weight excluding hydrogens is 533 g/mol. The molecule has 3 aromatic carbocycles. The van der Waals surface area contributed by atoms with Gasteiger partial charge in [0, 0.05) is 0 Å². The third-order valence-corrected chi connectivity index (χ3v) is 10.1. The van der Waals surface area contributed by atoms with Crippen LogP contribution in [0.3, 0.4) is 0 Å². The van der Waals surface area contributed by atoms with E-state index in [0.717, 1.165) is 0 Å². The molecule has 0 amide bonds. The van der Waals surface area contributed by atoms with Gasteiger partial charge in [0.2, 0.25) is 0 Å². The minimum atomic E-state index is -2.03. The normalized spacial score (nSPS) is 12.5. The minimum absolute atomic E-state index is 1.28. The molecule has 0 radical (unpaired) electrons. The fraction of sp³-hybridized carbons (Fsp3) is 0. The van der Waals surface area contributed by atoms with Gasteiger partial charge in [0.15, 0.2) is 0 Å². The van der Waals surface area contributed by atoms with Gasteiger partial charge in [-0.2, -0.15) is 0 Å². The van der Waals surface area contributed by atoms with Crippen LogP contribution in [0, 0.1) is 19.1 Å². The van der Waals surface area contributed by atoms with Gasteiger partial charge in [-0.3, -0.25) is 0 Å². The van der Waals surface area contributed by atoms with Gasteiger partial charge in [-0.15, -0.1) is 0 Å². The molecule has 3 aromatic rings. The number of hydrogen-bond acceptors (Lipinski definition) is 0.